The van der Waals surface area contributed by atoms with Crippen LogP contribution in [0.1, 0.15) is 38.7 Å². The quantitative estimate of drug-likeness (QED) is 0.811. The maximum atomic E-state index is 12.1. The molecule has 2 N–H and O–H groups in total. The van der Waals surface area contributed by atoms with Crippen molar-refractivity contribution in [1.82, 2.24) is 5.32 Å². The van der Waals surface area contributed by atoms with Gasteiger partial charge in [-0.15, -0.1) is 0 Å². The van der Waals surface area contributed by atoms with E-state index in [0.29, 0.717) is 0 Å². The smallest absolute Gasteiger partial charge is 0.407 e. The molecule has 2 rings (SSSR count). The van der Waals surface area contributed by atoms with Gasteiger partial charge in [-0.25, -0.2) is 4.79 Å². The van der Waals surface area contributed by atoms with Crippen LogP contribution in [0.2, 0.25) is 0 Å². The summed E-state index contributed by atoms with van der Waals surface area (Å²) >= 11 is 0. The standard InChI is InChI=1S/C17H23NO4/c1-12(2)17(10-15(19)20,14-8-9-14)18-16(21)22-11-13-6-4-3-5-7-13/h3-7,12,14H,8-11H2,1-2H3,(H,18,21)(H,19,20). The Hall–Kier alpha value is -2.04. The highest BCUT2D eigenvalue weighted by atomic mass is 16.5. The molecule has 1 aliphatic carbocycles. The van der Waals surface area contributed by atoms with Crippen LogP contribution in [0.4, 0.5) is 4.79 Å². The lowest BCUT2D eigenvalue weighted by Crippen LogP contribution is -2.55. The Kier molecular flexibility index (Phi) is 5.06. The van der Waals surface area contributed by atoms with Gasteiger partial charge in [0.2, 0.25) is 0 Å². The van der Waals surface area contributed by atoms with Gasteiger partial charge in [0.15, 0.2) is 0 Å². The molecule has 120 valence electrons. The molecule has 1 unspecified atom stereocenters. The summed E-state index contributed by atoms with van der Waals surface area (Å²) in [7, 11) is 0. The number of aliphatic carboxylic acids is 1. The van der Waals surface area contributed by atoms with E-state index in [9.17, 15) is 14.7 Å². The molecule has 22 heavy (non-hydrogen) atoms. The maximum absolute atomic E-state index is 12.1. The molecule has 0 aromatic heterocycles. The Labute approximate surface area is 130 Å². The molecule has 5 nitrogen and oxygen atoms in total. The minimum Gasteiger partial charge on any atom is -0.481 e. The SMILES string of the molecule is CC(C)C(CC(=O)O)(NC(=O)OCc1ccccc1)C1CC1. The molecule has 1 fully saturated rings. The zero-order valence-corrected chi connectivity index (χ0v) is 13.0. The van der Waals surface area contributed by atoms with Crippen LogP contribution in [0.5, 0.6) is 0 Å². The molecule has 1 aromatic rings. The number of carboxylic acids is 1. The van der Waals surface area contributed by atoms with Crippen LogP contribution in [-0.4, -0.2) is 22.7 Å². The molecule has 0 radical (unpaired) electrons. The summed E-state index contributed by atoms with van der Waals surface area (Å²) in [6.07, 6.45) is 1.27. The van der Waals surface area contributed by atoms with Crippen LogP contribution in [0.15, 0.2) is 30.3 Å². The van der Waals surface area contributed by atoms with Crippen molar-refractivity contribution in [2.45, 2.75) is 45.3 Å². The Morgan fingerprint density at radius 3 is 2.45 bits per heavy atom. The molecule has 0 heterocycles. The molecule has 1 saturated carbocycles. The van der Waals surface area contributed by atoms with E-state index >= 15 is 0 Å². The summed E-state index contributed by atoms with van der Waals surface area (Å²) < 4.78 is 5.25. The number of carboxylic acid groups (broad SMARTS) is 1. The summed E-state index contributed by atoms with van der Waals surface area (Å²) in [4.78, 5) is 23.3. The van der Waals surface area contributed by atoms with Gasteiger partial charge in [0, 0.05) is 0 Å². The fourth-order valence-electron chi connectivity index (χ4n) is 2.91. The predicted molar refractivity (Wildman–Crippen MR) is 82.3 cm³/mol. The van der Waals surface area contributed by atoms with E-state index in [1.807, 2.05) is 44.2 Å². The number of alkyl carbamates (subject to hydrolysis) is 1. The van der Waals surface area contributed by atoms with Crippen LogP contribution < -0.4 is 5.32 Å². The van der Waals surface area contributed by atoms with Crippen molar-refractivity contribution in [3.05, 3.63) is 35.9 Å². The van der Waals surface area contributed by atoms with E-state index in [0.717, 1.165) is 18.4 Å². The van der Waals surface area contributed by atoms with E-state index in [1.165, 1.54) is 0 Å². The normalized spacial score (nSPS) is 16.9. The lowest BCUT2D eigenvalue weighted by atomic mass is 9.79. The molecule has 1 aliphatic rings. The molecule has 0 spiro atoms. The molecule has 5 heteroatoms. The molecule has 0 aliphatic heterocycles. The van der Waals surface area contributed by atoms with Gasteiger partial charge in [-0.2, -0.15) is 0 Å². The van der Waals surface area contributed by atoms with Crippen molar-refractivity contribution in [2.24, 2.45) is 11.8 Å². The highest BCUT2D eigenvalue weighted by Gasteiger charge is 2.50. The first-order valence-electron chi connectivity index (χ1n) is 7.64. The first-order valence-corrected chi connectivity index (χ1v) is 7.64. The van der Waals surface area contributed by atoms with Crippen LogP contribution in [-0.2, 0) is 16.1 Å². The number of amides is 1. The van der Waals surface area contributed by atoms with E-state index < -0.39 is 17.6 Å². The third-order valence-corrected chi connectivity index (χ3v) is 4.33. The van der Waals surface area contributed by atoms with Gasteiger partial charge in [0.25, 0.3) is 0 Å². The zero-order chi connectivity index (χ0) is 16.2. The number of ether oxygens (including phenoxy) is 1. The summed E-state index contributed by atoms with van der Waals surface area (Å²) in [6, 6.07) is 9.41. The fourth-order valence-corrected chi connectivity index (χ4v) is 2.91. The Morgan fingerprint density at radius 1 is 1.32 bits per heavy atom. The largest absolute Gasteiger partial charge is 0.481 e. The van der Waals surface area contributed by atoms with Crippen molar-refractivity contribution < 1.29 is 19.4 Å². The van der Waals surface area contributed by atoms with Gasteiger partial charge < -0.3 is 15.2 Å². The number of carbonyl (C=O) groups excluding carboxylic acids is 1. The minimum absolute atomic E-state index is 0.0281. The van der Waals surface area contributed by atoms with Crippen molar-refractivity contribution in [3.8, 4) is 0 Å². The number of carbonyl (C=O) groups is 2. The Morgan fingerprint density at radius 2 is 1.95 bits per heavy atom. The van der Waals surface area contributed by atoms with Crippen LogP contribution in [0.25, 0.3) is 0 Å². The summed E-state index contributed by atoms with van der Waals surface area (Å²) in [6.45, 7) is 4.07. The third kappa shape index (κ3) is 4.00. The molecule has 0 bridgehead atoms. The molecular formula is C17H23NO4. The summed E-state index contributed by atoms with van der Waals surface area (Å²) in [5.41, 5.74) is 0.178. The molecule has 1 aromatic carbocycles. The highest BCUT2D eigenvalue weighted by molar-refractivity contribution is 5.73. The summed E-state index contributed by atoms with van der Waals surface area (Å²) in [5, 5.41) is 12.1. The average molecular weight is 305 g/mol. The van der Waals surface area contributed by atoms with Crippen LogP contribution in [0.3, 0.4) is 0 Å². The Bertz CT molecular complexity index is 521. The molecule has 1 amide bonds. The lowest BCUT2D eigenvalue weighted by Gasteiger charge is -2.37. The Balaban J connectivity index is 2.00. The molecular weight excluding hydrogens is 282 g/mol. The van der Waals surface area contributed by atoms with Crippen molar-refractivity contribution in [1.29, 1.82) is 0 Å². The second-order valence-corrected chi connectivity index (χ2v) is 6.23. The number of nitrogens with one attached hydrogen (secondary N) is 1. The van der Waals surface area contributed by atoms with Gasteiger partial charge in [0.05, 0.1) is 12.0 Å². The molecule has 0 saturated heterocycles. The fraction of sp³-hybridized carbons (Fsp3) is 0.529. The van der Waals surface area contributed by atoms with Gasteiger partial charge in [0.1, 0.15) is 6.61 Å². The second-order valence-electron chi connectivity index (χ2n) is 6.23. The van der Waals surface area contributed by atoms with E-state index in [-0.39, 0.29) is 24.9 Å². The zero-order valence-electron chi connectivity index (χ0n) is 13.0. The van der Waals surface area contributed by atoms with Gasteiger partial charge >= 0.3 is 12.1 Å². The summed E-state index contributed by atoms with van der Waals surface area (Å²) in [5.74, 6) is -0.655. The van der Waals surface area contributed by atoms with Crippen LogP contribution >= 0.6 is 0 Å². The topological polar surface area (TPSA) is 75.6 Å². The number of hydrogen-bond acceptors (Lipinski definition) is 3. The number of benzene rings is 1. The monoisotopic (exact) mass is 305 g/mol. The highest BCUT2D eigenvalue weighted by Crippen LogP contribution is 2.45. The molecule has 1 atom stereocenters. The van der Waals surface area contributed by atoms with Crippen molar-refractivity contribution in [3.63, 3.8) is 0 Å². The van der Waals surface area contributed by atoms with Crippen molar-refractivity contribution in [2.75, 3.05) is 0 Å². The second kappa shape index (κ2) is 6.81. The number of rotatable bonds is 7. The van der Waals surface area contributed by atoms with E-state index in [2.05, 4.69) is 5.32 Å². The van der Waals surface area contributed by atoms with Crippen molar-refractivity contribution >= 4 is 12.1 Å². The van der Waals surface area contributed by atoms with Gasteiger partial charge in [-0.3, -0.25) is 4.79 Å². The first-order chi connectivity index (χ1) is 10.4. The van der Waals surface area contributed by atoms with Crippen LogP contribution in [0, 0.1) is 11.8 Å². The number of hydrogen-bond donors (Lipinski definition) is 2. The van der Waals surface area contributed by atoms with Gasteiger partial charge in [-0.05, 0) is 30.2 Å². The first kappa shape index (κ1) is 16.3. The minimum atomic E-state index is -0.899. The average Bonchev–Trinajstić information content (AvgIpc) is 3.29. The maximum Gasteiger partial charge on any atom is 0.407 e. The predicted octanol–water partition coefficient (Wildman–Crippen LogP) is 3.19. The van der Waals surface area contributed by atoms with E-state index in [4.69, 9.17) is 4.74 Å². The third-order valence-electron chi connectivity index (χ3n) is 4.33. The van der Waals surface area contributed by atoms with E-state index in [1.54, 1.807) is 0 Å². The van der Waals surface area contributed by atoms with Gasteiger partial charge in [-0.1, -0.05) is 44.2 Å². The lowest BCUT2D eigenvalue weighted by molar-refractivity contribution is -0.139.